The maximum Gasteiger partial charge on any atom is 0.337 e. The molecule has 0 atom stereocenters. The van der Waals surface area contributed by atoms with Gasteiger partial charge in [0.2, 0.25) is 10.0 Å². The molecule has 1 aliphatic carbocycles. The molecule has 1 aromatic rings. The molecule has 7 heteroatoms. The third kappa shape index (κ3) is 3.74. The molecule has 21 heavy (non-hydrogen) atoms. The van der Waals surface area contributed by atoms with Crippen LogP contribution in [0.15, 0.2) is 23.1 Å². The molecule has 0 spiro atoms. The Balaban J connectivity index is 2.06. The van der Waals surface area contributed by atoms with Gasteiger partial charge in [-0.1, -0.05) is 19.3 Å². The van der Waals surface area contributed by atoms with E-state index < -0.39 is 16.0 Å². The van der Waals surface area contributed by atoms with Gasteiger partial charge in [-0.25, -0.2) is 17.9 Å². The number of sulfonamides is 1. The molecular weight excluding hydrogens is 292 g/mol. The second-order valence-electron chi connectivity index (χ2n) is 5.23. The lowest BCUT2D eigenvalue weighted by molar-refractivity contribution is 0.0600. The normalized spacial score (nSPS) is 15.5. The first-order valence-corrected chi connectivity index (χ1v) is 8.40. The average Bonchev–Trinajstić information content (AvgIpc) is 2.40. The van der Waals surface area contributed by atoms with Gasteiger partial charge in [-0.2, -0.15) is 0 Å². The number of hydrogen-bond acceptors (Lipinski definition) is 5. The number of nitrogens with one attached hydrogen (secondary N) is 1. The van der Waals surface area contributed by atoms with Crippen molar-refractivity contribution < 1.29 is 17.9 Å². The van der Waals surface area contributed by atoms with E-state index in [1.54, 1.807) is 0 Å². The highest BCUT2D eigenvalue weighted by atomic mass is 32.2. The van der Waals surface area contributed by atoms with Crippen molar-refractivity contribution in [2.45, 2.75) is 30.6 Å². The van der Waals surface area contributed by atoms with Crippen LogP contribution >= 0.6 is 0 Å². The number of carbonyl (C=O) groups excluding carboxylic acids is 1. The van der Waals surface area contributed by atoms with E-state index >= 15 is 0 Å². The molecule has 1 fully saturated rings. The van der Waals surface area contributed by atoms with Gasteiger partial charge < -0.3 is 10.5 Å². The molecule has 0 radical (unpaired) electrons. The molecule has 0 saturated heterocycles. The Morgan fingerprint density at radius 2 is 2.14 bits per heavy atom. The van der Waals surface area contributed by atoms with Crippen molar-refractivity contribution >= 4 is 21.7 Å². The van der Waals surface area contributed by atoms with Crippen LogP contribution in [-0.2, 0) is 14.8 Å². The summed E-state index contributed by atoms with van der Waals surface area (Å²) in [5.41, 5.74) is 6.00. The summed E-state index contributed by atoms with van der Waals surface area (Å²) in [6.45, 7) is 0.408. The van der Waals surface area contributed by atoms with Crippen LogP contribution in [0.25, 0.3) is 0 Å². The van der Waals surface area contributed by atoms with Gasteiger partial charge in [0.25, 0.3) is 0 Å². The van der Waals surface area contributed by atoms with Crippen LogP contribution < -0.4 is 10.5 Å². The van der Waals surface area contributed by atoms with E-state index in [1.807, 2.05) is 0 Å². The number of carbonyl (C=O) groups is 1. The maximum atomic E-state index is 12.2. The maximum absolute atomic E-state index is 12.2. The van der Waals surface area contributed by atoms with Gasteiger partial charge in [0.15, 0.2) is 0 Å². The van der Waals surface area contributed by atoms with E-state index in [0.717, 1.165) is 6.42 Å². The summed E-state index contributed by atoms with van der Waals surface area (Å²) >= 11 is 0. The fourth-order valence-electron chi connectivity index (χ4n) is 2.29. The molecule has 2 rings (SSSR count). The van der Waals surface area contributed by atoms with E-state index in [9.17, 15) is 13.2 Å². The third-order valence-corrected chi connectivity index (χ3v) is 5.32. The first-order valence-electron chi connectivity index (χ1n) is 6.91. The molecule has 1 saturated carbocycles. The Bertz CT molecular complexity index is 624. The number of ether oxygens (including phenoxy) is 1. The summed E-state index contributed by atoms with van der Waals surface area (Å²) in [5.74, 6) is 0.0790. The van der Waals surface area contributed by atoms with Gasteiger partial charge in [-0.3, -0.25) is 0 Å². The second-order valence-corrected chi connectivity index (χ2v) is 6.96. The average molecular weight is 312 g/mol. The smallest absolute Gasteiger partial charge is 0.337 e. The molecule has 0 unspecified atom stereocenters. The van der Waals surface area contributed by atoms with Crippen LogP contribution in [0.5, 0.6) is 0 Å². The van der Waals surface area contributed by atoms with Crippen LogP contribution in [0.1, 0.15) is 36.0 Å². The number of nitrogen functional groups attached to an aromatic ring is 1. The standard InChI is InChI=1S/C14H20N2O4S/c1-20-14(17)11-5-6-13(12(15)9-11)21(18,19)16-8-7-10-3-2-4-10/h5-6,9-10,16H,2-4,7-8,15H2,1H3. The Kier molecular flexibility index (Phi) is 4.84. The molecule has 0 bridgehead atoms. The summed E-state index contributed by atoms with van der Waals surface area (Å²) in [5, 5.41) is 0. The van der Waals surface area contributed by atoms with Crippen molar-refractivity contribution in [2.24, 2.45) is 5.92 Å². The van der Waals surface area contributed by atoms with Crippen LogP contribution in [-0.4, -0.2) is 28.0 Å². The first-order chi connectivity index (χ1) is 9.94. The monoisotopic (exact) mass is 312 g/mol. The molecular formula is C14H20N2O4S. The van der Waals surface area contributed by atoms with Crippen molar-refractivity contribution in [1.29, 1.82) is 0 Å². The lowest BCUT2D eigenvalue weighted by Gasteiger charge is -2.25. The van der Waals surface area contributed by atoms with Gasteiger partial charge in [-0.05, 0) is 30.5 Å². The Morgan fingerprint density at radius 1 is 1.43 bits per heavy atom. The molecule has 1 aromatic carbocycles. The quantitative estimate of drug-likeness (QED) is 0.613. The van der Waals surface area contributed by atoms with Gasteiger partial charge in [-0.15, -0.1) is 0 Å². The van der Waals surface area contributed by atoms with E-state index in [-0.39, 0.29) is 16.1 Å². The fourth-order valence-corrected chi connectivity index (χ4v) is 3.45. The lowest BCUT2D eigenvalue weighted by atomic mass is 9.83. The van der Waals surface area contributed by atoms with Crippen molar-refractivity contribution in [2.75, 3.05) is 19.4 Å². The van der Waals surface area contributed by atoms with Crippen LogP contribution in [0.4, 0.5) is 5.69 Å². The number of rotatable bonds is 6. The van der Waals surface area contributed by atoms with E-state index in [2.05, 4.69) is 9.46 Å². The summed E-state index contributed by atoms with van der Waals surface area (Å²) < 4.78 is 31.5. The third-order valence-electron chi connectivity index (χ3n) is 3.79. The minimum Gasteiger partial charge on any atom is -0.465 e. The highest BCUT2D eigenvalue weighted by Gasteiger charge is 2.21. The zero-order valence-electron chi connectivity index (χ0n) is 12.0. The van der Waals surface area contributed by atoms with Crippen molar-refractivity contribution in [3.63, 3.8) is 0 Å². The summed E-state index contributed by atoms with van der Waals surface area (Å²) in [7, 11) is -2.39. The SMILES string of the molecule is COC(=O)c1ccc(S(=O)(=O)NCCC2CCC2)c(N)c1. The van der Waals surface area contributed by atoms with Crippen molar-refractivity contribution in [3.05, 3.63) is 23.8 Å². The number of anilines is 1. The molecule has 0 amide bonds. The summed E-state index contributed by atoms with van der Waals surface area (Å²) in [4.78, 5) is 11.4. The Morgan fingerprint density at radius 3 is 2.67 bits per heavy atom. The molecule has 0 aromatic heterocycles. The number of benzene rings is 1. The number of methoxy groups -OCH3 is 1. The second kappa shape index (κ2) is 6.44. The van der Waals surface area contributed by atoms with Gasteiger partial charge in [0.05, 0.1) is 18.4 Å². The zero-order chi connectivity index (χ0) is 15.5. The minimum atomic E-state index is -3.65. The molecule has 1 aliphatic rings. The van der Waals surface area contributed by atoms with Crippen LogP contribution in [0.3, 0.4) is 0 Å². The first kappa shape index (κ1) is 15.8. The number of esters is 1. The number of hydrogen-bond donors (Lipinski definition) is 2. The summed E-state index contributed by atoms with van der Waals surface area (Å²) in [6.07, 6.45) is 4.44. The predicted octanol–water partition coefficient (Wildman–Crippen LogP) is 1.52. The van der Waals surface area contributed by atoms with Crippen LogP contribution in [0.2, 0.25) is 0 Å². The van der Waals surface area contributed by atoms with Crippen molar-refractivity contribution in [3.8, 4) is 0 Å². The lowest BCUT2D eigenvalue weighted by Crippen LogP contribution is -2.28. The largest absolute Gasteiger partial charge is 0.465 e. The fraction of sp³-hybridized carbons (Fsp3) is 0.500. The van der Waals surface area contributed by atoms with E-state index in [4.69, 9.17) is 5.73 Å². The predicted molar refractivity (Wildman–Crippen MR) is 79.3 cm³/mol. The highest BCUT2D eigenvalue weighted by molar-refractivity contribution is 7.89. The Labute approximate surface area is 124 Å². The van der Waals surface area contributed by atoms with E-state index in [1.165, 1.54) is 44.6 Å². The molecule has 6 nitrogen and oxygen atoms in total. The van der Waals surface area contributed by atoms with Crippen LogP contribution in [0, 0.1) is 5.92 Å². The van der Waals surface area contributed by atoms with Gasteiger partial charge in [0.1, 0.15) is 4.90 Å². The minimum absolute atomic E-state index is 0.0104. The topological polar surface area (TPSA) is 98.5 Å². The van der Waals surface area contributed by atoms with E-state index in [0.29, 0.717) is 12.5 Å². The molecule has 3 N–H and O–H groups in total. The zero-order valence-corrected chi connectivity index (χ0v) is 12.8. The van der Waals surface area contributed by atoms with Gasteiger partial charge >= 0.3 is 5.97 Å². The highest BCUT2D eigenvalue weighted by Crippen LogP contribution is 2.29. The summed E-state index contributed by atoms with van der Waals surface area (Å²) in [6, 6.07) is 4.03. The van der Waals surface area contributed by atoms with Gasteiger partial charge in [0, 0.05) is 6.54 Å². The number of nitrogens with two attached hydrogens (primary N) is 1. The van der Waals surface area contributed by atoms with Crippen molar-refractivity contribution in [1.82, 2.24) is 4.72 Å². The molecule has 116 valence electrons. The molecule has 0 aliphatic heterocycles. The Hall–Kier alpha value is -1.60. The molecule has 0 heterocycles.